The van der Waals surface area contributed by atoms with Crippen LogP contribution in [-0.4, -0.2) is 36.1 Å². The van der Waals surface area contributed by atoms with Gasteiger partial charge in [0.15, 0.2) is 0 Å². The monoisotopic (exact) mass is 296 g/mol. The molecule has 0 radical (unpaired) electrons. The Hall–Kier alpha value is -1.10. The van der Waals surface area contributed by atoms with Crippen molar-refractivity contribution in [2.75, 3.05) is 13.1 Å². The van der Waals surface area contributed by atoms with E-state index in [9.17, 15) is 14.7 Å². The van der Waals surface area contributed by atoms with Gasteiger partial charge >= 0.3 is 5.97 Å². The lowest BCUT2D eigenvalue weighted by Crippen LogP contribution is -2.52. The number of amides is 1. The van der Waals surface area contributed by atoms with Crippen LogP contribution in [0, 0.1) is 11.3 Å². The molecule has 0 bridgehead atoms. The van der Waals surface area contributed by atoms with Crippen molar-refractivity contribution < 1.29 is 14.7 Å². The van der Waals surface area contributed by atoms with E-state index in [0.717, 1.165) is 51.6 Å². The minimum atomic E-state index is -0.803. The minimum absolute atomic E-state index is 0.0212. The van der Waals surface area contributed by atoms with Crippen LogP contribution in [0.25, 0.3) is 0 Å². The third kappa shape index (κ3) is 4.19. The van der Waals surface area contributed by atoms with Crippen LogP contribution < -0.4 is 10.6 Å². The van der Waals surface area contributed by atoms with Crippen LogP contribution in [0.2, 0.25) is 0 Å². The number of hydrogen-bond acceptors (Lipinski definition) is 3. The molecule has 2 unspecified atom stereocenters. The van der Waals surface area contributed by atoms with E-state index in [4.69, 9.17) is 0 Å². The highest BCUT2D eigenvalue weighted by molar-refractivity contribution is 5.79. The lowest BCUT2D eigenvalue weighted by Gasteiger charge is -2.38. The fourth-order valence-corrected chi connectivity index (χ4v) is 3.59. The Morgan fingerprint density at radius 1 is 1.24 bits per heavy atom. The van der Waals surface area contributed by atoms with Gasteiger partial charge in [-0.1, -0.05) is 12.8 Å². The lowest BCUT2D eigenvalue weighted by atomic mass is 9.71. The smallest absolute Gasteiger partial charge is 0.311 e. The second-order valence-electron chi connectivity index (χ2n) is 6.82. The van der Waals surface area contributed by atoms with Crippen molar-refractivity contribution in [2.24, 2.45) is 11.3 Å². The molecule has 0 aromatic rings. The Labute approximate surface area is 126 Å². The summed E-state index contributed by atoms with van der Waals surface area (Å²) in [5.41, 5.74) is -0.803. The maximum absolute atomic E-state index is 12.1. The van der Waals surface area contributed by atoms with Crippen molar-refractivity contribution in [2.45, 2.75) is 64.3 Å². The number of carbonyl (C=O) groups excluding carboxylic acids is 1. The van der Waals surface area contributed by atoms with Gasteiger partial charge in [-0.15, -0.1) is 0 Å². The van der Waals surface area contributed by atoms with E-state index < -0.39 is 11.4 Å². The summed E-state index contributed by atoms with van der Waals surface area (Å²) in [6.07, 6.45) is 7.10. The molecule has 5 nitrogen and oxygen atoms in total. The average Bonchev–Trinajstić information content (AvgIpc) is 2.48. The first-order valence-corrected chi connectivity index (χ1v) is 8.26. The summed E-state index contributed by atoms with van der Waals surface area (Å²) >= 11 is 0. The van der Waals surface area contributed by atoms with E-state index in [2.05, 4.69) is 10.6 Å². The number of carboxylic acids is 1. The Kier molecular flexibility index (Phi) is 5.62. The van der Waals surface area contributed by atoms with Crippen LogP contribution in [0.15, 0.2) is 0 Å². The molecule has 2 aliphatic rings. The van der Waals surface area contributed by atoms with Crippen molar-refractivity contribution in [1.82, 2.24) is 10.6 Å². The van der Waals surface area contributed by atoms with E-state index in [1.54, 1.807) is 6.92 Å². The maximum Gasteiger partial charge on any atom is 0.311 e. The Morgan fingerprint density at radius 2 is 1.95 bits per heavy atom. The van der Waals surface area contributed by atoms with Gasteiger partial charge in [-0.2, -0.15) is 0 Å². The van der Waals surface area contributed by atoms with Crippen LogP contribution in [0.1, 0.15) is 58.3 Å². The summed E-state index contributed by atoms with van der Waals surface area (Å²) in [6.45, 7) is 3.87. The fraction of sp³-hybridized carbons (Fsp3) is 0.875. The summed E-state index contributed by atoms with van der Waals surface area (Å²) in [5, 5.41) is 15.8. The number of rotatable bonds is 5. The molecule has 1 aliphatic heterocycles. The van der Waals surface area contributed by atoms with Crippen LogP contribution in [0.5, 0.6) is 0 Å². The van der Waals surface area contributed by atoms with Crippen molar-refractivity contribution >= 4 is 11.9 Å². The normalized spacial score (nSPS) is 30.8. The highest BCUT2D eigenvalue weighted by Gasteiger charge is 2.43. The SMILES string of the molecule is CC1(C(=O)O)CCCCC1NC(=O)CCC1CCNCC1. The van der Waals surface area contributed by atoms with Crippen molar-refractivity contribution in [1.29, 1.82) is 0 Å². The predicted molar refractivity (Wildman–Crippen MR) is 81.0 cm³/mol. The zero-order valence-corrected chi connectivity index (χ0v) is 13.0. The molecular formula is C16H28N2O3. The van der Waals surface area contributed by atoms with Gasteiger partial charge in [0.1, 0.15) is 0 Å². The standard InChI is InChI=1S/C16H28N2O3/c1-16(15(20)21)9-3-2-4-13(16)18-14(19)6-5-12-7-10-17-11-8-12/h12-13,17H,2-11H2,1H3,(H,18,19)(H,20,21). The van der Waals surface area contributed by atoms with E-state index in [1.165, 1.54) is 0 Å². The van der Waals surface area contributed by atoms with Crippen LogP contribution in [0.3, 0.4) is 0 Å². The Morgan fingerprint density at radius 3 is 2.62 bits per heavy atom. The van der Waals surface area contributed by atoms with Crippen LogP contribution >= 0.6 is 0 Å². The third-order valence-electron chi connectivity index (χ3n) is 5.27. The maximum atomic E-state index is 12.1. The molecule has 0 aromatic carbocycles. The van der Waals surface area contributed by atoms with Gasteiger partial charge < -0.3 is 15.7 Å². The molecule has 21 heavy (non-hydrogen) atoms. The van der Waals surface area contributed by atoms with Crippen molar-refractivity contribution in [3.05, 3.63) is 0 Å². The molecule has 3 N–H and O–H groups in total. The molecule has 1 amide bonds. The van der Waals surface area contributed by atoms with Gasteiger partial charge in [0.25, 0.3) is 0 Å². The summed E-state index contributed by atoms with van der Waals surface area (Å²) in [5.74, 6) is -0.132. The molecule has 0 spiro atoms. The topological polar surface area (TPSA) is 78.4 Å². The zero-order valence-electron chi connectivity index (χ0n) is 13.0. The third-order valence-corrected chi connectivity index (χ3v) is 5.27. The van der Waals surface area contributed by atoms with Crippen molar-refractivity contribution in [3.8, 4) is 0 Å². The quantitative estimate of drug-likeness (QED) is 0.724. The lowest BCUT2D eigenvalue weighted by molar-refractivity contribution is -0.152. The minimum Gasteiger partial charge on any atom is -0.481 e. The molecule has 120 valence electrons. The van der Waals surface area contributed by atoms with E-state index in [-0.39, 0.29) is 11.9 Å². The van der Waals surface area contributed by atoms with Gasteiger partial charge in [0.05, 0.1) is 5.41 Å². The van der Waals surface area contributed by atoms with Crippen molar-refractivity contribution in [3.63, 3.8) is 0 Å². The second kappa shape index (κ2) is 7.25. The molecule has 1 aliphatic carbocycles. The first-order chi connectivity index (χ1) is 10.0. The Balaban J connectivity index is 1.81. The summed E-state index contributed by atoms with van der Waals surface area (Å²) in [4.78, 5) is 23.7. The molecule has 2 atom stereocenters. The van der Waals surface area contributed by atoms with Gasteiger partial charge in [-0.25, -0.2) is 0 Å². The highest BCUT2D eigenvalue weighted by atomic mass is 16.4. The summed E-state index contributed by atoms with van der Waals surface area (Å²) in [7, 11) is 0. The highest BCUT2D eigenvalue weighted by Crippen LogP contribution is 2.36. The van der Waals surface area contributed by atoms with E-state index >= 15 is 0 Å². The number of aliphatic carboxylic acids is 1. The number of piperidine rings is 1. The number of hydrogen-bond donors (Lipinski definition) is 3. The molecule has 1 saturated carbocycles. The van der Waals surface area contributed by atoms with E-state index in [1.807, 2.05) is 0 Å². The van der Waals surface area contributed by atoms with Crippen LogP contribution in [0.4, 0.5) is 0 Å². The predicted octanol–water partition coefficient (Wildman–Crippen LogP) is 1.92. The summed E-state index contributed by atoms with van der Waals surface area (Å²) < 4.78 is 0. The molecule has 5 heteroatoms. The van der Waals surface area contributed by atoms with E-state index in [0.29, 0.717) is 18.8 Å². The average molecular weight is 296 g/mol. The largest absolute Gasteiger partial charge is 0.481 e. The summed E-state index contributed by atoms with van der Waals surface area (Å²) in [6, 6.07) is -0.218. The first kappa shape index (κ1) is 16.3. The fourth-order valence-electron chi connectivity index (χ4n) is 3.59. The number of nitrogens with one attached hydrogen (secondary N) is 2. The molecule has 2 rings (SSSR count). The van der Waals surface area contributed by atoms with Gasteiger partial charge in [0.2, 0.25) is 5.91 Å². The number of carbonyl (C=O) groups is 2. The zero-order chi connectivity index (χ0) is 15.3. The second-order valence-corrected chi connectivity index (χ2v) is 6.82. The number of carboxylic acid groups (broad SMARTS) is 1. The molecular weight excluding hydrogens is 268 g/mol. The molecule has 0 aromatic heterocycles. The van der Waals surface area contributed by atoms with Gasteiger partial charge in [0, 0.05) is 12.5 Å². The molecule has 1 saturated heterocycles. The van der Waals surface area contributed by atoms with Gasteiger partial charge in [-0.3, -0.25) is 9.59 Å². The molecule has 1 heterocycles. The van der Waals surface area contributed by atoms with Gasteiger partial charge in [-0.05, 0) is 58.0 Å². The molecule has 2 fully saturated rings. The Bertz CT molecular complexity index is 380. The first-order valence-electron chi connectivity index (χ1n) is 8.26. The van der Waals surface area contributed by atoms with Crippen LogP contribution in [-0.2, 0) is 9.59 Å².